The molecule has 1 atom stereocenters. The molecular formula is C25H32N4O2. The van der Waals surface area contributed by atoms with E-state index in [-0.39, 0.29) is 18.0 Å². The Morgan fingerprint density at radius 3 is 2.39 bits per heavy atom. The molecule has 6 heteroatoms. The monoisotopic (exact) mass is 420 g/mol. The van der Waals surface area contributed by atoms with Crippen molar-refractivity contribution in [1.29, 1.82) is 0 Å². The van der Waals surface area contributed by atoms with Crippen LogP contribution < -0.4 is 10.6 Å². The summed E-state index contributed by atoms with van der Waals surface area (Å²) in [4.78, 5) is 28.9. The molecule has 2 saturated heterocycles. The molecule has 0 saturated carbocycles. The number of urea groups is 1. The van der Waals surface area contributed by atoms with Crippen molar-refractivity contribution in [2.75, 3.05) is 31.5 Å². The van der Waals surface area contributed by atoms with E-state index in [1.54, 1.807) is 0 Å². The fourth-order valence-electron chi connectivity index (χ4n) is 4.42. The Labute approximate surface area is 184 Å². The number of nitrogens with zero attached hydrogens (tertiary/aromatic N) is 2. The number of nitrogens with one attached hydrogen (secondary N) is 2. The maximum Gasteiger partial charge on any atom is 0.319 e. The lowest BCUT2D eigenvalue weighted by Gasteiger charge is -2.17. The zero-order valence-electron chi connectivity index (χ0n) is 18.1. The molecule has 2 aliphatic rings. The van der Waals surface area contributed by atoms with Crippen molar-refractivity contribution in [3.05, 3.63) is 65.7 Å². The van der Waals surface area contributed by atoms with Gasteiger partial charge in [0.1, 0.15) is 0 Å². The zero-order chi connectivity index (χ0) is 21.5. The van der Waals surface area contributed by atoms with E-state index in [1.165, 1.54) is 5.56 Å². The van der Waals surface area contributed by atoms with Crippen LogP contribution in [0.1, 0.15) is 36.8 Å². The van der Waals surface area contributed by atoms with Gasteiger partial charge in [-0.05, 0) is 48.9 Å². The van der Waals surface area contributed by atoms with Crippen molar-refractivity contribution in [3.8, 4) is 0 Å². The van der Waals surface area contributed by atoms with E-state index in [0.717, 1.165) is 69.7 Å². The molecule has 2 heterocycles. The van der Waals surface area contributed by atoms with Gasteiger partial charge in [0.05, 0.1) is 0 Å². The highest BCUT2D eigenvalue weighted by atomic mass is 16.2. The molecule has 6 nitrogen and oxygen atoms in total. The summed E-state index contributed by atoms with van der Waals surface area (Å²) in [5.41, 5.74) is 3.19. The third kappa shape index (κ3) is 6.31. The van der Waals surface area contributed by atoms with E-state index in [4.69, 9.17) is 0 Å². The van der Waals surface area contributed by atoms with E-state index < -0.39 is 0 Å². The van der Waals surface area contributed by atoms with Gasteiger partial charge in [-0.1, -0.05) is 42.5 Å². The summed E-state index contributed by atoms with van der Waals surface area (Å²) in [7, 11) is 0. The Bertz CT molecular complexity index is 863. The molecule has 0 spiro atoms. The number of likely N-dealkylation sites (tertiary alicyclic amines) is 2. The maximum absolute atomic E-state index is 12.4. The molecule has 2 aromatic rings. The van der Waals surface area contributed by atoms with Gasteiger partial charge in [-0.3, -0.25) is 9.69 Å². The molecule has 0 aliphatic carbocycles. The Kier molecular flexibility index (Phi) is 7.20. The number of aryl methyl sites for hydroxylation is 1. The topological polar surface area (TPSA) is 64.7 Å². The molecule has 1 unspecified atom stereocenters. The number of amides is 3. The molecule has 2 aromatic carbocycles. The van der Waals surface area contributed by atoms with Gasteiger partial charge in [-0.15, -0.1) is 0 Å². The number of carbonyl (C=O) groups is 2. The van der Waals surface area contributed by atoms with Gasteiger partial charge in [-0.25, -0.2) is 4.79 Å². The largest absolute Gasteiger partial charge is 0.343 e. The first kappa shape index (κ1) is 21.4. The second kappa shape index (κ2) is 10.4. The minimum atomic E-state index is -0.163. The average molecular weight is 421 g/mol. The Morgan fingerprint density at radius 1 is 0.903 bits per heavy atom. The van der Waals surface area contributed by atoms with Gasteiger partial charge in [0.25, 0.3) is 0 Å². The fraction of sp³-hybridized carbons (Fsp3) is 0.440. The number of anilines is 1. The SMILES string of the molecule is O=C(Nc1ccc(CCC(=O)N2CCCC2)cc1)NC1CCN(Cc2ccccc2)C1. The van der Waals surface area contributed by atoms with Crippen LogP contribution in [0.15, 0.2) is 54.6 Å². The first-order chi connectivity index (χ1) is 15.2. The van der Waals surface area contributed by atoms with Crippen LogP contribution in [0.3, 0.4) is 0 Å². The summed E-state index contributed by atoms with van der Waals surface area (Å²) in [5, 5.41) is 6.01. The minimum Gasteiger partial charge on any atom is -0.343 e. The molecular weight excluding hydrogens is 388 g/mol. The molecule has 2 N–H and O–H groups in total. The molecule has 2 fully saturated rings. The van der Waals surface area contributed by atoms with Crippen molar-refractivity contribution in [3.63, 3.8) is 0 Å². The second-order valence-corrected chi connectivity index (χ2v) is 8.59. The smallest absolute Gasteiger partial charge is 0.319 e. The molecule has 0 bridgehead atoms. The van der Waals surface area contributed by atoms with E-state index in [0.29, 0.717) is 6.42 Å². The molecule has 3 amide bonds. The van der Waals surface area contributed by atoms with Gasteiger partial charge in [0, 0.05) is 50.9 Å². The highest BCUT2D eigenvalue weighted by Gasteiger charge is 2.24. The zero-order valence-corrected chi connectivity index (χ0v) is 18.1. The Morgan fingerprint density at radius 2 is 1.65 bits per heavy atom. The number of rotatable bonds is 7. The summed E-state index contributed by atoms with van der Waals surface area (Å²) >= 11 is 0. The van der Waals surface area contributed by atoms with E-state index in [1.807, 2.05) is 35.2 Å². The first-order valence-electron chi connectivity index (χ1n) is 11.4. The normalized spacial score (nSPS) is 18.8. The third-order valence-electron chi connectivity index (χ3n) is 6.15. The Balaban J connectivity index is 1.18. The highest BCUT2D eigenvalue weighted by Crippen LogP contribution is 2.16. The molecule has 0 aromatic heterocycles. The highest BCUT2D eigenvalue weighted by molar-refractivity contribution is 5.89. The van der Waals surface area contributed by atoms with Crippen molar-refractivity contribution >= 4 is 17.6 Å². The Hall–Kier alpha value is -2.86. The summed E-state index contributed by atoms with van der Waals surface area (Å²) in [6.45, 7) is 4.59. The van der Waals surface area contributed by atoms with Crippen LogP contribution in [0.5, 0.6) is 0 Å². The maximum atomic E-state index is 12.4. The van der Waals surface area contributed by atoms with E-state index >= 15 is 0 Å². The summed E-state index contributed by atoms with van der Waals surface area (Å²) in [6, 6.07) is 18.2. The third-order valence-corrected chi connectivity index (χ3v) is 6.15. The predicted octanol–water partition coefficient (Wildman–Crippen LogP) is 3.64. The van der Waals surface area contributed by atoms with Crippen LogP contribution in [0, 0.1) is 0 Å². The number of carbonyl (C=O) groups excluding carboxylic acids is 2. The van der Waals surface area contributed by atoms with Crippen molar-refractivity contribution in [1.82, 2.24) is 15.1 Å². The lowest BCUT2D eigenvalue weighted by molar-refractivity contribution is -0.130. The number of hydrogen-bond acceptors (Lipinski definition) is 3. The van der Waals surface area contributed by atoms with Gasteiger partial charge in [-0.2, -0.15) is 0 Å². The van der Waals surface area contributed by atoms with Gasteiger partial charge < -0.3 is 15.5 Å². The standard InChI is InChI=1S/C25H32N4O2/c30-24(29-15-4-5-16-29)13-10-20-8-11-22(12-9-20)26-25(31)27-23-14-17-28(19-23)18-21-6-2-1-3-7-21/h1-3,6-9,11-12,23H,4-5,10,13-19H2,(H2,26,27,31). The molecule has 164 valence electrons. The lowest BCUT2D eigenvalue weighted by atomic mass is 10.1. The predicted molar refractivity (Wildman–Crippen MR) is 123 cm³/mol. The molecule has 2 aliphatic heterocycles. The fourth-order valence-corrected chi connectivity index (χ4v) is 4.42. The van der Waals surface area contributed by atoms with Crippen molar-refractivity contribution in [2.24, 2.45) is 0 Å². The van der Waals surface area contributed by atoms with Crippen LogP contribution >= 0.6 is 0 Å². The molecule has 0 radical (unpaired) electrons. The van der Waals surface area contributed by atoms with Crippen molar-refractivity contribution < 1.29 is 9.59 Å². The number of hydrogen-bond donors (Lipinski definition) is 2. The van der Waals surface area contributed by atoms with Crippen LogP contribution in [0.25, 0.3) is 0 Å². The van der Waals surface area contributed by atoms with Gasteiger partial charge in [0.15, 0.2) is 0 Å². The van der Waals surface area contributed by atoms with Crippen molar-refractivity contribution in [2.45, 2.75) is 44.7 Å². The minimum absolute atomic E-state index is 0.163. The average Bonchev–Trinajstić information content (AvgIpc) is 3.46. The van der Waals surface area contributed by atoms with Crippen LogP contribution in [-0.4, -0.2) is 54.0 Å². The van der Waals surface area contributed by atoms with Crippen LogP contribution in [0.2, 0.25) is 0 Å². The van der Waals surface area contributed by atoms with Gasteiger partial charge in [0.2, 0.25) is 5.91 Å². The quantitative estimate of drug-likeness (QED) is 0.719. The number of benzene rings is 2. The van der Waals surface area contributed by atoms with E-state index in [2.05, 4.69) is 39.8 Å². The molecule has 31 heavy (non-hydrogen) atoms. The first-order valence-corrected chi connectivity index (χ1v) is 11.4. The van der Waals surface area contributed by atoms with Crippen LogP contribution in [-0.2, 0) is 17.8 Å². The van der Waals surface area contributed by atoms with Gasteiger partial charge >= 0.3 is 6.03 Å². The summed E-state index contributed by atoms with van der Waals surface area (Å²) in [6.07, 6.45) is 4.50. The second-order valence-electron chi connectivity index (χ2n) is 8.59. The lowest BCUT2D eigenvalue weighted by Crippen LogP contribution is -2.39. The molecule has 4 rings (SSSR count). The van der Waals surface area contributed by atoms with Crippen LogP contribution in [0.4, 0.5) is 10.5 Å². The summed E-state index contributed by atoms with van der Waals surface area (Å²) < 4.78 is 0. The summed E-state index contributed by atoms with van der Waals surface area (Å²) in [5.74, 6) is 0.247. The van der Waals surface area contributed by atoms with E-state index in [9.17, 15) is 9.59 Å².